The molecule has 1 aliphatic heterocycles. The number of hydrogen-bond donors (Lipinski definition) is 2. The summed E-state index contributed by atoms with van der Waals surface area (Å²) in [6.45, 7) is 0. The third-order valence-electron chi connectivity index (χ3n) is 11.0. The molecule has 11 rings (SSSR count). The first-order valence-electron chi connectivity index (χ1n) is 19.0. The van der Waals surface area contributed by atoms with Crippen molar-refractivity contribution in [1.29, 1.82) is 0 Å². The van der Waals surface area contributed by atoms with Gasteiger partial charge >= 0.3 is 0 Å². The highest BCUT2D eigenvalue weighted by Gasteiger charge is 2.28. The normalized spacial score (nSPS) is 15.7. The van der Waals surface area contributed by atoms with Crippen molar-refractivity contribution < 1.29 is 8.83 Å². The minimum Gasteiger partial charge on any atom is -0.456 e. The van der Waals surface area contributed by atoms with Crippen molar-refractivity contribution in [1.82, 2.24) is 10.6 Å². The predicted octanol–water partition coefficient (Wildman–Crippen LogP) is 12.8. The van der Waals surface area contributed by atoms with Crippen LogP contribution in [0.25, 0.3) is 77.3 Å². The molecular weight excluding hydrogens is 687 g/mol. The second kappa shape index (κ2) is 13.3. The van der Waals surface area contributed by atoms with Gasteiger partial charge in [0.25, 0.3) is 0 Å². The number of furan rings is 2. The molecule has 0 bridgehead atoms. The Morgan fingerprint density at radius 2 is 0.982 bits per heavy atom. The molecule has 5 nitrogen and oxygen atoms in total. The van der Waals surface area contributed by atoms with Crippen molar-refractivity contribution in [2.45, 2.75) is 12.3 Å². The van der Waals surface area contributed by atoms with E-state index in [0.717, 1.165) is 88.7 Å². The number of fused-ring (bicyclic) bond motifs is 6. The van der Waals surface area contributed by atoms with E-state index >= 15 is 0 Å². The van der Waals surface area contributed by atoms with Crippen molar-refractivity contribution in [3.63, 3.8) is 0 Å². The van der Waals surface area contributed by atoms with E-state index < -0.39 is 0 Å². The zero-order valence-electron chi connectivity index (χ0n) is 30.3. The van der Waals surface area contributed by atoms with Crippen LogP contribution in [0.4, 0.5) is 0 Å². The number of rotatable bonds is 6. The van der Waals surface area contributed by atoms with Gasteiger partial charge < -0.3 is 14.2 Å². The van der Waals surface area contributed by atoms with Gasteiger partial charge in [-0.15, -0.1) is 0 Å². The smallest absolute Gasteiger partial charge is 0.143 e. The maximum Gasteiger partial charge on any atom is 0.143 e. The fraction of sp³-hybridized carbons (Fsp3) is 0.0392. The summed E-state index contributed by atoms with van der Waals surface area (Å²) in [6.07, 6.45) is -0.421. The predicted molar refractivity (Wildman–Crippen MR) is 228 cm³/mol. The number of benzene rings is 8. The van der Waals surface area contributed by atoms with Gasteiger partial charge in [0.1, 0.15) is 40.5 Å². The maximum atomic E-state index is 6.97. The van der Waals surface area contributed by atoms with Crippen LogP contribution in [-0.2, 0) is 0 Å². The van der Waals surface area contributed by atoms with E-state index in [-0.39, 0.29) is 12.3 Å². The zero-order chi connectivity index (χ0) is 37.0. The average molecular weight is 722 g/mol. The first-order chi connectivity index (χ1) is 27.7. The fourth-order valence-corrected chi connectivity index (χ4v) is 8.30. The largest absolute Gasteiger partial charge is 0.456 e. The number of hydrogen-bond acceptors (Lipinski definition) is 5. The lowest BCUT2D eigenvalue weighted by molar-refractivity contribution is 0.409. The Bertz CT molecular complexity index is 3070. The van der Waals surface area contributed by atoms with E-state index in [9.17, 15) is 0 Å². The molecule has 2 unspecified atom stereocenters. The van der Waals surface area contributed by atoms with Gasteiger partial charge in [0.2, 0.25) is 0 Å². The van der Waals surface area contributed by atoms with E-state index in [4.69, 9.17) is 13.8 Å². The molecule has 0 spiro atoms. The summed E-state index contributed by atoms with van der Waals surface area (Å²) in [5, 5.41) is 11.7. The van der Waals surface area contributed by atoms with Gasteiger partial charge in [-0.1, -0.05) is 158 Å². The van der Waals surface area contributed by atoms with E-state index in [1.807, 2.05) is 30.3 Å². The maximum absolute atomic E-state index is 6.97. The second-order valence-electron chi connectivity index (χ2n) is 14.3. The zero-order valence-corrected chi connectivity index (χ0v) is 30.3. The van der Waals surface area contributed by atoms with Gasteiger partial charge in [0.05, 0.1) is 0 Å². The minimum absolute atomic E-state index is 0.163. The molecule has 2 aromatic heterocycles. The molecule has 2 atom stereocenters. The van der Waals surface area contributed by atoms with Crippen LogP contribution in [0.5, 0.6) is 0 Å². The van der Waals surface area contributed by atoms with Crippen molar-refractivity contribution in [2.75, 3.05) is 0 Å². The van der Waals surface area contributed by atoms with E-state index in [2.05, 4.69) is 168 Å². The summed E-state index contributed by atoms with van der Waals surface area (Å²) in [4.78, 5) is 5.34. The lowest BCUT2D eigenvalue weighted by atomic mass is 9.92. The summed E-state index contributed by atoms with van der Waals surface area (Å²) in [6, 6.07) is 65.7. The molecule has 0 aliphatic carbocycles. The van der Waals surface area contributed by atoms with E-state index in [0.29, 0.717) is 0 Å². The fourth-order valence-electron chi connectivity index (χ4n) is 8.30. The molecule has 10 aromatic rings. The van der Waals surface area contributed by atoms with Gasteiger partial charge in [-0.05, 0) is 69.3 Å². The Morgan fingerprint density at radius 3 is 1.73 bits per heavy atom. The molecule has 0 amide bonds. The van der Waals surface area contributed by atoms with Crippen molar-refractivity contribution in [2.24, 2.45) is 4.99 Å². The molecule has 3 heterocycles. The highest BCUT2D eigenvalue weighted by atomic mass is 16.3. The van der Waals surface area contributed by atoms with Gasteiger partial charge in [0, 0.05) is 32.7 Å². The molecule has 56 heavy (non-hydrogen) atoms. The van der Waals surface area contributed by atoms with Crippen LogP contribution in [0.1, 0.15) is 29.0 Å². The Hall–Kier alpha value is -7.21. The van der Waals surface area contributed by atoms with Crippen LogP contribution in [0.2, 0.25) is 0 Å². The second-order valence-corrected chi connectivity index (χ2v) is 14.3. The number of amidine groups is 1. The summed E-state index contributed by atoms with van der Waals surface area (Å²) in [5.74, 6) is 0.807. The average Bonchev–Trinajstić information content (AvgIpc) is 3.86. The highest BCUT2D eigenvalue weighted by Crippen LogP contribution is 2.45. The first kappa shape index (κ1) is 32.2. The SMILES string of the molecule is c1ccc(-c2ccc(-c3cc(-c4cccc5oc6ccccc6c45)c4oc5cccc(C6=NC(c7ccccc7)NC(c7ccccc7)N6)c5c4c3)cc2)cc1. The lowest BCUT2D eigenvalue weighted by Crippen LogP contribution is -2.45. The van der Waals surface area contributed by atoms with Gasteiger partial charge in [-0.2, -0.15) is 0 Å². The Labute approximate surface area is 323 Å². The highest BCUT2D eigenvalue weighted by molar-refractivity contribution is 6.22. The molecule has 1 aliphatic rings. The van der Waals surface area contributed by atoms with Crippen molar-refractivity contribution in [3.05, 3.63) is 205 Å². The van der Waals surface area contributed by atoms with Crippen LogP contribution in [-0.4, -0.2) is 5.84 Å². The number of para-hydroxylation sites is 1. The Morgan fingerprint density at radius 1 is 0.411 bits per heavy atom. The van der Waals surface area contributed by atoms with Gasteiger partial charge in [-0.25, -0.2) is 4.99 Å². The Kier molecular flexibility index (Phi) is 7.64. The summed E-state index contributed by atoms with van der Waals surface area (Å²) < 4.78 is 13.4. The number of nitrogens with zero attached hydrogens (tertiary/aromatic N) is 1. The monoisotopic (exact) mass is 721 g/mol. The molecule has 0 fully saturated rings. The van der Waals surface area contributed by atoms with Gasteiger partial charge in [0.15, 0.2) is 0 Å². The van der Waals surface area contributed by atoms with Crippen LogP contribution in [0.15, 0.2) is 202 Å². The molecule has 8 aromatic carbocycles. The molecular formula is C51H35N3O2. The molecule has 0 radical (unpaired) electrons. The molecule has 266 valence electrons. The van der Waals surface area contributed by atoms with Crippen LogP contribution in [0.3, 0.4) is 0 Å². The van der Waals surface area contributed by atoms with E-state index in [1.165, 1.54) is 11.1 Å². The molecule has 2 N–H and O–H groups in total. The standard InChI is InChI=1S/C51H35N3O2/c1-4-14-32(15-5-1)33-26-28-34(29-27-33)37-30-41(38-21-12-24-44-46(38)39-20-10-11-23-43(39)55-44)48-42(31-37)47-40(22-13-25-45(47)56-48)51-53-49(35-16-6-2-7-17-35)52-50(54-51)36-18-8-3-9-19-36/h1-31,49-50,52H,(H,53,54). The quantitative estimate of drug-likeness (QED) is 0.179. The lowest BCUT2D eigenvalue weighted by Gasteiger charge is -2.32. The number of nitrogens with one attached hydrogen (secondary N) is 2. The van der Waals surface area contributed by atoms with Crippen LogP contribution >= 0.6 is 0 Å². The topological polar surface area (TPSA) is 62.7 Å². The molecule has 0 saturated heterocycles. The first-order valence-corrected chi connectivity index (χ1v) is 19.0. The third-order valence-corrected chi connectivity index (χ3v) is 11.0. The van der Waals surface area contributed by atoms with Crippen molar-refractivity contribution >= 4 is 49.7 Å². The van der Waals surface area contributed by atoms with Crippen LogP contribution in [0, 0.1) is 0 Å². The number of aliphatic imine (C=N–C) groups is 1. The summed E-state index contributed by atoms with van der Waals surface area (Å²) in [7, 11) is 0. The van der Waals surface area contributed by atoms with Crippen LogP contribution < -0.4 is 10.6 Å². The Balaban J connectivity index is 1.16. The summed E-state index contributed by atoms with van der Waals surface area (Å²) >= 11 is 0. The van der Waals surface area contributed by atoms with Crippen molar-refractivity contribution in [3.8, 4) is 33.4 Å². The van der Waals surface area contributed by atoms with E-state index in [1.54, 1.807) is 0 Å². The summed E-state index contributed by atoms with van der Waals surface area (Å²) in [5.41, 5.74) is 13.2. The molecule has 5 heteroatoms. The minimum atomic E-state index is -0.257. The third kappa shape index (κ3) is 5.48. The molecule has 0 saturated carbocycles. The van der Waals surface area contributed by atoms with Gasteiger partial charge in [-0.3, -0.25) is 5.32 Å².